The Kier molecular flexibility index (Phi) is 4.25. The largest absolute Gasteiger partial charge is 0.394 e. The van der Waals surface area contributed by atoms with Gasteiger partial charge in [0.2, 0.25) is 0 Å². The van der Waals surface area contributed by atoms with Crippen molar-refractivity contribution in [2.75, 3.05) is 6.61 Å². The van der Waals surface area contributed by atoms with Crippen LogP contribution in [0, 0.1) is 0 Å². The monoisotopic (exact) mass is 278 g/mol. The van der Waals surface area contributed by atoms with Crippen molar-refractivity contribution in [2.24, 2.45) is 0 Å². The molecule has 0 saturated carbocycles. The number of aliphatic hydroxyl groups excluding tert-OH is 3. The average Bonchev–Trinajstić information content (AvgIpc) is 2.43. The van der Waals surface area contributed by atoms with Crippen LogP contribution < -0.4 is 0 Å². The molecule has 7 nitrogen and oxygen atoms in total. The van der Waals surface area contributed by atoms with E-state index in [4.69, 9.17) is 19.6 Å². The summed E-state index contributed by atoms with van der Waals surface area (Å²) in [5.41, 5.74) is -4.36. The Balaban J connectivity index is 2.74. The van der Waals surface area contributed by atoms with Crippen molar-refractivity contribution >= 4 is 7.60 Å². The smallest absolute Gasteiger partial charge is 0.394 e. The third-order valence-corrected chi connectivity index (χ3v) is 3.55. The highest BCUT2D eigenvalue weighted by Crippen LogP contribution is 2.56. The Morgan fingerprint density at radius 1 is 1.18 bits per heavy atom. The van der Waals surface area contributed by atoms with Gasteiger partial charge in [0.15, 0.2) is 0 Å². The molecule has 17 heavy (non-hydrogen) atoms. The van der Waals surface area contributed by atoms with Gasteiger partial charge >= 0.3 is 13.3 Å². The molecule has 1 aliphatic rings. The van der Waals surface area contributed by atoms with Crippen molar-refractivity contribution < 1.29 is 43.2 Å². The summed E-state index contributed by atoms with van der Waals surface area (Å²) in [6.07, 6.45) is -7.64. The summed E-state index contributed by atoms with van der Waals surface area (Å²) in [4.78, 5) is 16.8. The van der Waals surface area contributed by atoms with E-state index >= 15 is 0 Å². The second kappa shape index (κ2) is 4.85. The van der Waals surface area contributed by atoms with Gasteiger partial charge in [0.25, 0.3) is 0 Å². The van der Waals surface area contributed by atoms with Crippen molar-refractivity contribution in [3.63, 3.8) is 0 Å². The van der Waals surface area contributed by atoms with E-state index in [-0.39, 0.29) is 0 Å². The first-order valence-corrected chi connectivity index (χ1v) is 6.27. The molecule has 0 aromatic rings. The van der Waals surface area contributed by atoms with Crippen molar-refractivity contribution in [1.82, 2.24) is 0 Å². The zero-order chi connectivity index (χ0) is 13.4. The predicted molar refractivity (Wildman–Crippen MR) is 49.4 cm³/mol. The SMILES string of the molecule is O=P(O)(O)C(F)(F)C[C@H]1O[C@H](CO)[C@@H](O)[C@@H]1O. The summed E-state index contributed by atoms with van der Waals surface area (Å²) in [6, 6.07) is 0. The van der Waals surface area contributed by atoms with Gasteiger partial charge in [-0.3, -0.25) is 4.57 Å². The van der Waals surface area contributed by atoms with Crippen molar-refractivity contribution in [3.8, 4) is 0 Å². The third-order valence-electron chi connectivity index (χ3n) is 2.51. The van der Waals surface area contributed by atoms with E-state index in [1.54, 1.807) is 0 Å². The van der Waals surface area contributed by atoms with E-state index in [9.17, 15) is 23.6 Å². The topological polar surface area (TPSA) is 127 Å². The molecular formula is C7H13F2O7P. The second-order valence-corrected chi connectivity index (χ2v) is 5.53. The summed E-state index contributed by atoms with van der Waals surface area (Å²) in [5.74, 6) is 0. The van der Waals surface area contributed by atoms with Crippen LogP contribution in [0.5, 0.6) is 0 Å². The molecule has 1 saturated heterocycles. The predicted octanol–water partition coefficient (Wildman–Crippen LogP) is -1.37. The lowest BCUT2D eigenvalue weighted by atomic mass is 10.1. The lowest BCUT2D eigenvalue weighted by Crippen LogP contribution is -2.36. The minimum Gasteiger partial charge on any atom is -0.394 e. The van der Waals surface area contributed by atoms with Gasteiger partial charge in [-0.2, -0.15) is 8.78 Å². The lowest BCUT2D eigenvalue weighted by molar-refractivity contribution is -0.0601. The molecule has 102 valence electrons. The summed E-state index contributed by atoms with van der Waals surface area (Å²) in [7, 11) is -5.66. The molecule has 0 unspecified atom stereocenters. The minimum atomic E-state index is -5.66. The highest BCUT2D eigenvalue weighted by Gasteiger charge is 2.54. The van der Waals surface area contributed by atoms with Gasteiger partial charge in [0.05, 0.1) is 19.1 Å². The molecule has 1 aliphatic heterocycles. The summed E-state index contributed by atoms with van der Waals surface area (Å²) in [6.45, 7) is -0.698. The van der Waals surface area contributed by atoms with Crippen LogP contribution in [0.3, 0.4) is 0 Å². The molecule has 0 radical (unpaired) electrons. The maximum absolute atomic E-state index is 13.0. The normalized spacial score (nSPS) is 35.2. The fourth-order valence-corrected chi connectivity index (χ4v) is 1.92. The van der Waals surface area contributed by atoms with E-state index < -0.39 is 50.7 Å². The van der Waals surface area contributed by atoms with Crippen LogP contribution >= 0.6 is 7.60 Å². The second-order valence-electron chi connectivity index (χ2n) is 3.79. The van der Waals surface area contributed by atoms with Gasteiger partial charge in [-0.1, -0.05) is 0 Å². The highest BCUT2D eigenvalue weighted by molar-refractivity contribution is 7.53. The molecule has 1 rings (SSSR count). The highest BCUT2D eigenvalue weighted by atomic mass is 31.2. The Morgan fingerprint density at radius 3 is 2.00 bits per heavy atom. The van der Waals surface area contributed by atoms with Gasteiger partial charge in [0.1, 0.15) is 18.3 Å². The molecule has 4 atom stereocenters. The first-order chi connectivity index (χ1) is 7.60. The van der Waals surface area contributed by atoms with Crippen LogP contribution in [-0.4, -0.2) is 61.8 Å². The number of aliphatic hydroxyl groups is 3. The Hall–Kier alpha value is -0.150. The van der Waals surface area contributed by atoms with E-state index in [1.165, 1.54) is 0 Å². The molecule has 0 aromatic heterocycles. The fourth-order valence-electron chi connectivity index (χ4n) is 1.51. The van der Waals surface area contributed by atoms with Gasteiger partial charge in [-0.05, 0) is 0 Å². The zero-order valence-electron chi connectivity index (χ0n) is 8.48. The quantitative estimate of drug-likeness (QED) is 0.401. The maximum atomic E-state index is 13.0. The fraction of sp³-hybridized carbons (Fsp3) is 1.00. The Morgan fingerprint density at radius 2 is 1.65 bits per heavy atom. The zero-order valence-corrected chi connectivity index (χ0v) is 9.37. The van der Waals surface area contributed by atoms with Gasteiger partial charge < -0.3 is 29.8 Å². The number of halogens is 2. The van der Waals surface area contributed by atoms with Crippen molar-refractivity contribution in [3.05, 3.63) is 0 Å². The standard InChI is InChI=1S/C7H13F2O7P/c8-7(9,17(13,14)15)1-3-5(11)6(12)4(2-10)16-3/h3-6,10-12H,1-2H2,(H2,13,14,15)/t3-,4-,5-,6-/m1/s1. The molecule has 0 bridgehead atoms. The minimum absolute atomic E-state index is 0.698. The van der Waals surface area contributed by atoms with E-state index in [0.29, 0.717) is 0 Å². The summed E-state index contributed by atoms with van der Waals surface area (Å²) >= 11 is 0. The first kappa shape index (κ1) is 14.9. The lowest BCUT2D eigenvalue weighted by Gasteiger charge is -2.22. The van der Waals surface area contributed by atoms with Gasteiger partial charge in [0, 0.05) is 0 Å². The van der Waals surface area contributed by atoms with Crippen molar-refractivity contribution in [2.45, 2.75) is 36.5 Å². The average molecular weight is 278 g/mol. The van der Waals surface area contributed by atoms with Gasteiger partial charge in [-0.25, -0.2) is 0 Å². The molecular weight excluding hydrogens is 265 g/mol. The number of ether oxygens (including phenoxy) is 1. The molecule has 0 spiro atoms. The van der Waals surface area contributed by atoms with Crippen LogP contribution in [-0.2, 0) is 9.30 Å². The van der Waals surface area contributed by atoms with Gasteiger partial charge in [-0.15, -0.1) is 0 Å². The number of alkyl halides is 2. The van der Waals surface area contributed by atoms with Crippen LogP contribution in [0.1, 0.15) is 6.42 Å². The van der Waals surface area contributed by atoms with E-state index in [0.717, 1.165) is 0 Å². The Bertz CT molecular complexity index is 319. The molecule has 1 fully saturated rings. The molecule has 0 amide bonds. The molecule has 5 N–H and O–H groups in total. The number of hydrogen-bond donors (Lipinski definition) is 5. The maximum Gasteiger partial charge on any atom is 0.394 e. The van der Waals surface area contributed by atoms with Crippen molar-refractivity contribution in [1.29, 1.82) is 0 Å². The molecule has 1 heterocycles. The first-order valence-electron chi connectivity index (χ1n) is 4.66. The van der Waals surface area contributed by atoms with Crippen LogP contribution in [0.25, 0.3) is 0 Å². The van der Waals surface area contributed by atoms with E-state index in [1.807, 2.05) is 0 Å². The van der Waals surface area contributed by atoms with Crippen LogP contribution in [0.4, 0.5) is 8.78 Å². The number of hydrogen-bond acceptors (Lipinski definition) is 5. The summed E-state index contributed by atoms with van der Waals surface area (Å²) in [5, 5.41) is 27.3. The summed E-state index contributed by atoms with van der Waals surface area (Å²) < 4.78 is 41.2. The number of rotatable bonds is 4. The Labute approximate surface area is 94.8 Å². The molecule has 10 heteroatoms. The van der Waals surface area contributed by atoms with Crippen LogP contribution in [0.15, 0.2) is 0 Å². The molecule has 0 aromatic carbocycles. The van der Waals surface area contributed by atoms with Crippen LogP contribution in [0.2, 0.25) is 0 Å². The van der Waals surface area contributed by atoms with E-state index in [2.05, 4.69) is 0 Å². The third kappa shape index (κ3) is 3.00. The molecule has 0 aliphatic carbocycles.